The average Bonchev–Trinajstić information content (AvgIpc) is 3.39. The van der Waals surface area contributed by atoms with Crippen LogP contribution in [0.4, 0.5) is 11.5 Å². The summed E-state index contributed by atoms with van der Waals surface area (Å²) in [6, 6.07) is 25.1. The maximum absolute atomic E-state index is 6.62. The number of imidazole rings is 1. The topological polar surface area (TPSA) is 108 Å². The van der Waals surface area contributed by atoms with Gasteiger partial charge in [0.2, 0.25) is 0 Å². The number of rotatable bonds is 6. The van der Waals surface area contributed by atoms with E-state index >= 15 is 0 Å². The van der Waals surface area contributed by atoms with Gasteiger partial charge in [-0.1, -0.05) is 24.3 Å². The largest absolute Gasteiger partial charge is 0.383 e. The van der Waals surface area contributed by atoms with Crippen LogP contribution in [0, 0.1) is 0 Å². The van der Waals surface area contributed by atoms with E-state index in [0.717, 1.165) is 72.4 Å². The van der Waals surface area contributed by atoms with Crippen molar-refractivity contribution in [2.24, 2.45) is 5.73 Å². The van der Waals surface area contributed by atoms with Gasteiger partial charge in [-0.25, -0.2) is 15.0 Å². The normalized spacial score (nSPS) is 17.1. The van der Waals surface area contributed by atoms with Crippen molar-refractivity contribution in [2.75, 3.05) is 30.8 Å². The van der Waals surface area contributed by atoms with Crippen LogP contribution >= 0.6 is 0 Å². The molecule has 1 aliphatic carbocycles. The number of fused-ring (bicyclic) bond motifs is 1. The fraction of sp³-hybridized carbons (Fsp3) is 0.303. The van der Waals surface area contributed by atoms with Crippen LogP contribution < -0.4 is 16.4 Å². The zero-order chi connectivity index (χ0) is 28.0. The number of aromatic nitrogens is 4. The van der Waals surface area contributed by atoms with Crippen molar-refractivity contribution in [1.29, 1.82) is 0 Å². The second kappa shape index (κ2) is 10.3. The Kier molecular flexibility index (Phi) is 6.44. The zero-order valence-corrected chi connectivity index (χ0v) is 23.3. The summed E-state index contributed by atoms with van der Waals surface area (Å²) in [5.74, 6) is 1.14. The molecule has 1 aliphatic heterocycles. The monoisotopic (exact) mass is 545 g/mol. The standard InChI is InChI=1S/C33H35N7O/c1-41-26-14-19-39(20-15-26)25-6-2-5-22(21-25)28-12-13-29-32(37-28)40(31(38-29)27-7-3-18-36-30(27)34)24-10-8-23(9-11-24)33(35)16-4-17-33/h2-3,5-13,18,21,26H,4,14-17,19-20,35H2,1H3,(H2,34,36). The van der Waals surface area contributed by atoms with Crippen molar-refractivity contribution in [3.8, 4) is 28.3 Å². The molecular formula is C33H35N7O. The maximum atomic E-state index is 6.62. The van der Waals surface area contributed by atoms with Gasteiger partial charge in [-0.3, -0.25) is 4.57 Å². The number of benzene rings is 2. The van der Waals surface area contributed by atoms with Gasteiger partial charge in [0.25, 0.3) is 0 Å². The number of hydrogen-bond acceptors (Lipinski definition) is 7. The molecule has 2 aliphatic rings. The molecule has 0 amide bonds. The number of pyridine rings is 2. The molecule has 8 nitrogen and oxygen atoms in total. The molecule has 0 bridgehead atoms. The van der Waals surface area contributed by atoms with E-state index in [2.05, 4.69) is 63.0 Å². The minimum absolute atomic E-state index is 0.221. The quantitative estimate of drug-likeness (QED) is 0.282. The van der Waals surface area contributed by atoms with Crippen LogP contribution in [0.5, 0.6) is 0 Å². The van der Waals surface area contributed by atoms with Gasteiger partial charge in [0, 0.05) is 48.9 Å². The Bertz CT molecular complexity index is 1700. The molecule has 2 aromatic carbocycles. The third-order valence-corrected chi connectivity index (χ3v) is 8.81. The lowest BCUT2D eigenvalue weighted by Gasteiger charge is -2.38. The Morgan fingerprint density at radius 3 is 2.41 bits per heavy atom. The second-order valence-corrected chi connectivity index (χ2v) is 11.3. The number of nitrogens with zero attached hydrogens (tertiary/aromatic N) is 5. The van der Waals surface area contributed by atoms with E-state index in [-0.39, 0.29) is 5.54 Å². The first-order chi connectivity index (χ1) is 20.0. The summed E-state index contributed by atoms with van der Waals surface area (Å²) < 4.78 is 7.65. The Morgan fingerprint density at radius 2 is 1.71 bits per heavy atom. The van der Waals surface area contributed by atoms with E-state index < -0.39 is 0 Å². The van der Waals surface area contributed by atoms with Gasteiger partial charge in [0.15, 0.2) is 11.5 Å². The highest BCUT2D eigenvalue weighted by molar-refractivity contribution is 5.84. The smallest absolute Gasteiger partial charge is 0.165 e. The molecule has 4 heterocycles. The lowest BCUT2D eigenvalue weighted by Crippen LogP contribution is -2.43. The van der Waals surface area contributed by atoms with Crippen LogP contribution in [0.15, 0.2) is 79.0 Å². The number of anilines is 2. The summed E-state index contributed by atoms with van der Waals surface area (Å²) in [6.45, 7) is 1.97. The van der Waals surface area contributed by atoms with Crippen LogP contribution in [0.3, 0.4) is 0 Å². The van der Waals surface area contributed by atoms with E-state index in [0.29, 0.717) is 17.7 Å². The third-order valence-electron chi connectivity index (χ3n) is 8.81. The number of ether oxygens (including phenoxy) is 1. The lowest BCUT2D eigenvalue weighted by atomic mass is 9.73. The van der Waals surface area contributed by atoms with Crippen LogP contribution in [0.25, 0.3) is 39.5 Å². The van der Waals surface area contributed by atoms with Crippen molar-refractivity contribution in [3.05, 3.63) is 84.6 Å². The first kappa shape index (κ1) is 25.7. The molecule has 1 saturated heterocycles. The molecule has 3 aromatic heterocycles. The molecule has 1 saturated carbocycles. The number of nitrogens with two attached hydrogens (primary N) is 2. The summed E-state index contributed by atoms with van der Waals surface area (Å²) >= 11 is 0. The van der Waals surface area contributed by atoms with Gasteiger partial charge in [0.1, 0.15) is 11.3 Å². The molecule has 208 valence electrons. The van der Waals surface area contributed by atoms with Gasteiger partial charge in [0.05, 0.1) is 17.4 Å². The summed E-state index contributed by atoms with van der Waals surface area (Å²) in [4.78, 5) is 16.9. The van der Waals surface area contributed by atoms with Gasteiger partial charge < -0.3 is 21.1 Å². The van der Waals surface area contributed by atoms with Gasteiger partial charge in [-0.15, -0.1) is 0 Å². The van der Waals surface area contributed by atoms with Gasteiger partial charge in [-0.2, -0.15) is 0 Å². The highest BCUT2D eigenvalue weighted by atomic mass is 16.5. The minimum Gasteiger partial charge on any atom is -0.383 e. The molecule has 0 unspecified atom stereocenters. The molecule has 0 atom stereocenters. The van der Waals surface area contributed by atoms with Crippen LogP contribution in [-0.2, 0) is 10.3 Å². The second-order valence-electron chi connectivity index (χ2n) is 11.3. The van der Waals surface area contributed by atoms with Crippen LogP contribution in [0.2, 0.25) is 0 Å². The number of nitrogen functional groups attached to an aromatic ring is 1. The van der Waals surface area contributed by atoms with Crippen molar-refractivity contribution < 1.29 is 4.74 Å². The Labute approximate surface area is 240 Å². The number of hydrogen-bond donors (Lipinski definition) is 2. The molecular weight excluding hydrogens is 510 g/mol. The molecule has 41 heavy (non-hydrogen) atoms. The molecule has 5 aromatic rings. The molecule has 7 rings (SSSR count). The summed E-state index contributed by atoms with van der Waals surface area (Å²) in [5, 5.41) is 0. The Morgan fingerprint density at radius 1 is 0.902 bits per heavy atom. The van der Waals surface area contributed by atoms with Gasteiger partial charge >= 0.3 is 0 Å². The van der Waals surface area contributed by atoms with Crippen LogP contribution in [0.1, 0.15) is 37.7 Å². The SMILES string of the molecule is COC1CCN(c2cccc(-c3ccc4nc(-c5cccnc5N)n(-c5ccc(C6(N)CCC6)cc5)c4n3)c2)CC1. The Balaban J connectivity index is 1.32. The van der Waals surface area contributed by atoms with E-state index in [4.69, 9.17) is 26.2 Å². The third kappa shape index (κ3) is 4.63. The van der Waals surface area contributed by atoms with Crippen LogP contribution in [-0.4, -0.2) is 45.8 Å². The zero-order valence-electron chi connectivity index (χ0n) is 23.3. The fourth-order valence-corrected chi connectivity index (χ4v) is 6.15. The molecule has 0 radical (unpaired) electrons. The highest BCUT2D eigenvalue weighted by Gasteiger charge is 2.34. The minimum atomic E-state index is -0.221. The molecule has 0 spiro atoms. The summed E-state index contributed by atoms with van der Waals surface area (Å²) in [6.07, 6.45) is 7.33. The fourth-order valence-electron chi connectivity index (χ4n) is 6.15. The number of methoxy groups -OCH3 is 1. The lowest BCUT2D eigenvalue weighted by molar-refractivity contribution is 0.0819. The summed E-state index contributed by atoms with van der Waals surface area (Å²) in [5.41, 5.74) is 20.4. The van der Waals surface area contributed by atoms with E-state index in [1.165, 1.54) is 17.7 Å². The molecule has 8 heteroatoms. The molecule has 4 N–H and O–H groups in total. The van der Waals surface area contributed by atoms with Crippen molar-refractivity contribution >= 4 is 22.7 Å². The first-order valence-electron chi connectivity index (χ1n) is 14.4. The maximum Gasteiger partial charge on any atom is 0.165 e. The van der Waals surface area contributed by atoms with Crippen molar-refractivity contribution in [1.82, 2.24) is 19.5 Å². The predicted octanol–water partition coefficient (Wildman–Crippen LogP) is 5.68. The van der Waals surface area contributed by atoms with Gasteiger partial charge in [-0.05, 0) is 86.2 Å². The van der Waals surface area contributed by atoms with Crippen molar-refractivity contribution in [3.63, 3.8) is 0 Å². The van der Waals surface area contributed by atoms with Crippen molar-refractivity contribution in [2.45, 2.75) is 43.7 Å². The first-order valence-corrected chi connectivity index (χ1v) is 14.4. The Hall–Kier alpha value is -4.27. The predicted molar refractivity (Wildman–Crippen MR) is 164 cm³/mol. The highest BCUT2D eigenvalue weighted by Crippen LogP contribution is 2.39. The van der Waals surface area contributed by atoms with E-state index in [9.17, 15) is 0 Å². The summed E-state index contributed by atoms with van der Waals surface area (Å²) in [7, 11) is 1.80. The molecule has 2 fully saturated rings. The number of piperidine rings is 1. The van der Waals surface area contributed by atoms with E-state index in [1.54, 1.807) is 13.3 Å². The van der Waals surface area contributed by atoms with E-state index in [1.807, 2.05) is 24.3 Å². The average molecular weight is 546 g/mol.